The van der Waals surface area contributed by atoms with Crippen LogP contribution in [0.1, 0.15) is 44.5 Å². The summed E-state index contributed by atoms with van der Waals surface area (Å²) < 4.78 is 0. The summed E-state index contributed by atoms with van der Waals surface area (Å²) in [5.74, 6) is 3.30. The minimum absolute atomic E-state index is 0.825. The van der Waals surface area contributed by atoms with E-state index in [1.807, 2.05) is 0 Å². The lowest BCUT2D eigenvalue weighted by Crippen LogP contribution is -2.03. The molecule has 5 rings (SSSR count). The van der Waals surface area contributed by atoms with E-state index in [1.165, 1.54) is 87.6 Å². The second-order valence-corrected chi connectivity index (χ2v) is 12.5. The molecule has 0 atom stereocenters. The second-order valence-electron chi connectivity index (χ2n) is 10.7. The molecular weight excluding hydrogens is 537 g/mol. The average Bonchev–Trinajstić information content (AvgIpc) is 2.89. The lowest BCUT2D eigenvalue weighted by Gasteiger charge is -2.22. The second kappa shape index (κ2) is 11.6. The van der Waals surface area contributed by atoms with Gasteiger partial charge in [0.2, 0.25) is 0 Å². The molecule has 0 radical (unpaired) electrons. The molecule has 0 aliphatic heterocycles. The Kier molecular flexibility index (Phi) is 8.55. The van der Waals surface area contributed by atoms with Gasteiger partial charge in [-0.3, -0.25) is 0 Å². The molecule has 0 bridgehead atoms. The van der Waals surface area contributed by atoms with Gasteiger partial charge in [0.05, 0.1) is 0 Å². The van der Waals surface area contributed by atoms with Crippen LogP contribution in [0.15, 0.2) is 36.4 Å². The highest BCUT2D eigenvalue weighted by atomic mass is 32.1. The number of benzene rings is 5. The number of aryl methyl sites for hydroxylation is 8. The van der Waals surface area contributed by atoms with Crippen LogP contribution in [0.2, 0.25) is 0 Å². The van der Waals surface area contributed by atoms with E-state index in [9.17, 15) is 0 Å². The van der Waals surface area contributed by atoms with Gasteiger partial charge in [0.1, 0.15) is 0 Å². The first kappa shape index (κ1) is 28.1. The van der Waals surface area contributed by atoms with E-state index in [1.54, 1.807) is 0 Å². The molecule has 0 nitrogen and oxygen atoms in total. The predicted octanol–water partition coefficient (Wildman–Crippen LogP) is 9.42. The number of fused-ring (bicyclic) bond motifs is 4. The highest BCUT2D eigenvalue weighted by Gasteiger charge is 2.20. The topological polar surface area (TPSA) is 0 Å². The Bertz CT molecular complexity index is 1450. The van der Waals surface area contributed by atoms with Crippen molar-refractivity contribution >= 4 is 93.6 Å². The van der Waals surface area contributed by atoms with Gasteiger partial charge in [0.15, 0.2) is 0 Å². The van der Waals surface area contributed by atoms with E-state index < -0.39 is 0 Å². The van der Waals surface area contributed by atoms with Crippen molar-refractivity contribution in [3.05, 3.63) is 80.9 Å². The lowest BCUT2D eigenvalue weighted by molar-refractivity contribution is 1.17. The van der Waals surface area contributed by atoms with Gasteiger partial charge >= 0.3 is 0 Å². The third-order valence-electron chi connectivity index (χ3n) is 8.47. The highest BCUT2D eigenvalue weighted by Crippen LogP contribution is 2.42. The summed E-state index contributed by atoms with van der Waals surface area (Å²) in [6.07, 6.45) is 3.79. The summed E-state index contributed by atoms with van der Waals surface area (Å²) in [6.45, 7) is 8.92. The molecule has 5 aromatic rings. The smallest absolute Gasteiger partial charge is 0.00569 e. The first-order valence-corrected chi connectivity index (χ1v) is 16.2. The quantitative estimate of drug-likeness (QED) is 0.103. The molecule has 0 N–H and O–H groups in total. The Morgan fingerprint density at radius 2 is 0.526 bits per heavy atom. The third-order valence-corrected chi connectivity index (χ3v) is 9.37. The van der Waals surface area contributed by atoms with Crippen molar-refractivity contribution in [2.45, 2.75) is 53.4 Å². The van der Waals surface area contributed by atoms with Crippen molar-refractivity contribution in [1.82, 2.24) is 0 Å². The van der Waals surface area contributed by atoms with Crippen molar-refractivity contribution in [3.63, 3.8) is 0 Å². The largest absolute Gasteiger partial charge is 0.179 e. The van der Waals surface area contributed by atoms with Crippen LogP contribution in [0.4, 0.5) is 0 Å². The zero-order valence-corrected chi connectivity index (χ0v) is 26.5. The van der Waals surface area contributed by atoms with Crippen LogP contribution >= 0.6 is 50.5 Å². The molecule has 0 saturated carbocycles. The molecule has 0 amide bonds. The fraction of sp³-hybridized carbons (Fsp3) is 0.353. The number of hydrogen-bond acceptors (Lipinski definition) is 4. The summed E-state index contributed by atoms with van der Waals surface area (Å²) in [5.41, 5.74) is 11.1. The van der Waals surface area contributed by atoms with Crippen LogP contribution in [0.25, 0.3) is 43.1 Å². The maximum absolute atomic E-state index is 4.71. The standard InChI is InChI=1S/C34H38S4/c1-19-13-27-23(5-9-35)31-17-33-25(7-11-37)29-15-21(3)22(4)16-30(29)26(8-12-38)34(33)18-32(31)24(6-10-36)28(27)14-20(19)2/h13-18,35-38H,5-12H2,1-4H3. The predicted molar refractivity (Wildman–Crippen MR) is 186 cm³/mol. The summed E-state index contributed by atoms with van der Waals surface area (Å²) in [6, 6.07) is 14.6. The van der Waals surface area contributed by atoms with Crippen molar-refractivity contribution in [1.29, 1.82) is 0 Å². The molecule has 0 unspecified atom stereocenters. The molecule has 0 aromatic heterocycles. The van der Waals surface area contributed by atoms with Crippen LogP contribution < -0.4 is 0 Å². The van der Waals surface area contributed by atoms with Crippen LogP contribution in [-0.4, -0.2) is 23.0 Å². The van der Waals surface area contributed by atoms with Gasteiger partial charge in [0, 0.05) is 0 Å². The summed E-state index contributed by atoms with van der Waals surface area (Å²) in [4.78, 5) is 0. The van der Waals surface area contributed by atoms with Crippen molar-refractivity contribution in [2.75, 3.05) is 23.0 Å². The van der Waals surface area contributed by atoms with Gasteiger partial charge in [-0.15, -0.1) is 0 Å². The maximum Gasteiger partial charge on any atom is -0.00569 e. The van der Waals surface area contributed by atoms with E-state index >= 15 is 0 Å². The van der Waals surface area contributed by atoms with Gasteiger partial charge in [0.25, 0.3) is 0 Å². The monoisotopic (exact) mass is 574 g/mol. The number of rotatable bonds is 8. The van der Waals surface area contributed by atoms with Crippen LogP contribution in [0.3, 0.4) is 0 Å². The first-order chi connectivity index (χ1) is 18.3. The SMILES string of the molecule is Cc1cc2c(CCS)c3cc4c(CCS)c5cc(C)c(C)cc5c(CCS)c4cc3c(CCS)c2cc1C. The summed E-state index contributed by atoms with van der Waals surface area (Å²) in [5, 5.41) is 11.0. The van der Waals surface area contributed by atoms with Gasteiger partial charge < -0.3 is 0 Å². The van der Waals surface area contributed by atoms with E-state index in [-0.39, 0.29) is 0 Å². The molecule has 0 fully saturated rings. The van der Waals surface area contributed by atoms with Crippen LogP contribution in [-0.2, 0) is 25.7 Å². The number of hydrogen-bond donors (Lipinski definition) is 4. The molecule has 38 heavy (non-hydrogen) atoms. The van der Waals surface area contributed by atoms with E-state index in [4.69, 9.17) is 50.5 Å². The van der Waals surface area contributed by atoms with E-state index in [0.717, 1.165) is 48.7 Å². The Labute approximate surface area is 249 Å². The van der Waals surface area contributed by atoms with E-state index in [2.05, 4.69) is 64.1 Å². The normalized spacial score (nSPS) is 12.0. The Hall–Kier alpha value is -1.46. The van der Waals surface area contributed by atoms with E-state index in [0.29, 0.717) is 0 Å². The molecule has 0 saturated heterocycles. The maximum atomic E-state index is 4.71. The lowest BCUT2D eigenvalue weighted by atomic mass is 9.83. The van der Waals surface area contributed by atoms with Crippen LogP contribution in [0.5, 0.6) is 0 Å². The van der Waals surface area contributed by atoms with Crippen molar-refractivity contribution < 1.29 is 0 Å². The van der Waals surface area contributed by atoms with Crippen molar-refractivity contribution in [3.8, 4) is 0 Å². The molecule has 0 aliphatic rings. The molecule has 4 heteroatoms. The zero-order chi connectivity index (χ0) is 27.1. The summed E-state index contributed by atoms with van der Waals surface area (Å²) in [7, 11) is 0. The van der Waals surface area contributed by atoms with Gasteiger partial charge in [-0.05, 0) is 176 Å². The van der Waals surface area contributed by atoms with Crippen LogP contribution in [0, 0.1) is 27.7 Å². The van der Waals surface area contributed by atoms with Gasteiger partial charge in [-0.25, -0.2) is 0 Å². The molecule has 5 aromatic carbocycles. The van der Waals surface area contributed by atoms with Gasteiger partial charge in [-0.1, -0.05) is 24.3 Å². The average molecular weight is 575 g/mol. The molecular formula is C34H38S4. The molecule has 0 heterocycles. The molecule has 198 valence electrons. The molecule has 0 aliphatic carbocycles. The minimum atomic E-state index is 0.825. The minimum Gasteiger partial charge on any atom is -0.179 e. The fourth-order valence-electron chi connectivity index (χ4n) is 6.33. The first-order valence-electron chi connectivity index (χ1n) is 13.6. The summed E-state index contributed by atoms with van der Waals surface area (Å²) >= 11 is 18.8. The Morgan fingerprint density at radius 1 is 0.342 bits per heavy atom. The van der Waals surface area contributed by atoms with Gasteiger partial charge in [-0.2, -0.15) is 50.5 Å². The molecule has 0 spiro atoms. The highest BCUT2D eigenvalue weighted by molar-refractivity contribution is 7.80. The third kappa shape index (κ3) is 4.74. The van der Waals surface area contributed by atoms with Crippen molar-refractivity contribution in [2.24, 2.45) is 0 Å². The fourth-order valence-corrected chi connectivity index (χ4v) is 7.23. The Morgan fingerprint density at radius 3 is 0.711 bits per heavy atom. The Balaban J connectivity index is 2.07. The zero-order valence-electron chi connectivity index (χ0n) is 22.9. The number of thiol groups is 4.